The van der Waals surface area contributed by atoms with Crippen molar-refractivity contribution in [1.82, 2.24) is 9.80 Å². The Morgan fingerprint density at radius 2 is 1.08 bits per heavy atom. The second kappa shape index (κ2) is 11.5. The molecule has 1 saturated heterocycles. The number of carbonyl (C=O) groups excluding carboxylic acids is 2. The second-order valence-electron chi connectivity index (χ2n) is 9.40. The second-order valence-corrected chi connectivity index (χ2v) is 9.40. The van der Waals surface area contributed by atoms with Gasteiger partial charge in [0, 0.05) is 50.4 Å². The first-order chi connectivity index (χ1) is 16.3. The van der Waals surface area contributed by atoms with E-state index in [1.54, 1.807) is 12.1 Å². The van der Waals surface area contributed by atoms with Crippen LogP contribution in [0.2, 0.25) is 0 Å². The predicted molar refractivity (Wildman–Crippen MR) is 138 cm³/mol. The normalized spacial score (nSPS) is 18.9. The topological polar surface area (TPSA) is 99.5 Å². The van der Waals surface area contributed by atoms with Crippen LogP contribution in [0.5, 0.6) is 0 Å². The van der Waals surface area contributed by atoms with Crippen LogP contribution in [0.4, 0.5) is 0 Å². The first kappa shape index (κ1) is 28.4. The van der Waals surface area contributed by atoms with Gasteiger partial charge in [0.05, 0.1) is 23.3 Å². The first-order valence-electron chi connectivity index (χ1n) is 11.7. The lowest BCUT2D eigenvalue weighted by molar-refractivity contribution is 0.0478. The number of halogens is 2. The van der Waals surface area contributed by atoms with E-state index in [4.69, 9.17) is 9.47 Å². The molecule has 8 nitrogen and oxygen atoms in total. The van der Waals surface area contributed by atoms with Crippen molar-refractivity contribution in [3.63, 3.8) is 0 Å². The molecule has 3 aliphatic rings. The average Bonchev–Trinajstić information content (AvgIpc) is 3.39. The van der Waals surface area contributed by atoms with Crippen molar-refractivity contribution >= 4 is 36.8 Å². The molecule has 2 N–H and O–H groups in total. The minimum Gasteiger partial charge on any atom is -0.457 e. The van der Waals surface area contributed by atoms with Gasteiger partial charge in [-0.05, 0) is 48.2 Å². The van der Waals surface area contributed by atoms with E-state index in [0.29, 0.717) is 24.2 Å². The number of benzene rings is 2. The molecule has 5 rings (SSSR count). The highest BCUT2D eigenvalue weighted by atomic mass is 35.5. The first-order valence-corrected chi connectivity index (χ1v) is 11.7. The van der Waals surface area contributed by atoms with Gasteiger partial charge in [0.2, 0.25) is 0 Å². The summed E-state index contributed by atoms with van der Waals surface area (Å²) in [4.78, 5) is 28.0. The number of nitrogens with zero attached hydrogens (tertiary/aromatic N) is 2. The molecule has 36 heavy (non-hydrogen) atoms. The van der Waals surface area contributed by atoms with Gasteiger partial charge in [-0.3, -0.25) is 9.80 Å². The molecular formula is C26H32Cl2N2O6. The smallest absolute Gasteiger partial charge is 0.338 e. The van der Waals surface area contributed by atoms with Crippen molar-refractivity contribution in [2.45, 2.75) is 39.3 Å². The molecular weight excluding hydrogens is 507 g/mol. The molecule has 0 spiro atoms. The van der Waals surface area contributed by atoms with E-state index in [-0.39, 0.29) is 50.0 Å². The summed E-state index contributed by atoms with van der Waals surface area (Å²) in [6.07, 6.45) is -1.28. The van der Waals surface area contributed by atoms with Crippen LogP contribution in [0.3, 0.4) is 0 Å². The van der Waals surface area contributed by atoms with Gasteiger partial charge < -0.3 is 19.7 Å². The van der Waals surface area contributed by atoms with Crippen molar-refractivity contribution in [3.05, 3.63) is 68.8 Å². The van der Waals surface area contributed by atoms with Crippen LogP contribution in [0, 0.1) is 13.8 Å². The molecule has 196 valence electrons. The molecule has 2 aromatic rings. The summed E-state index contributed by atoms with van der Waals surface area (Å²) in [5, 5.41) is 21.8. The fourth-order valence-electron chi connectivity index (χ4n) is 5.30. The minimum atomic E-state index is -0.642. The molecule has 0 aliphatic carbocycles. The monoisotopic (exact) mass is 538 g/mol. The van der Waals surface area contributed by atoms with E-state index in [1.165, 1.54) is 0 Å². The number of hydrogen-bond donors (Lipinski definition) is 2. The van der Waals surface area contributed by atoms with Crippen LogP contribution in [0.25, 0.3) is 0 Å². The summed E-state index contributed by atoms with van der Waals surface area (Å²) in [6.45, 7) is 8.61. The lowest BCUT2D eigenvalue weighted by atomic mass is 9.95. The van der Waals surface area contributed by atoms with E-state index in [2.05, 4.69) is 9.80 Å². The van der Waals surface area contributed by atoms with Crippen molar-refractivity contribution in [3.8, 4) is 0 Å². The fraction of sp³-hybridized carbons (Fsp3) is 0.462. The van der Waals surface area contributed by atoms with Gasteiger partial charge in [-0.2, -0.15) is 0 Å². The number of piperazine rings is 1. The Morgan fingerprint density at radius 1 is 0.722 bits per heavy atom. The summed E-state index contributed by atoms with van der Waals surface area (Å²) in [5.41, 5.74) is 6.46. The molecule has 3 aliphatic heterocycles. The zero-order valence-electron chi connectivity index (χ0n) is 20.4. The van der Waals surface area contributed by atoms with Crippen LogP contribution in [0.15, 0.2) is 24.3 Å². The number of aliphatic hydroxyl groups excluding tert-OH is 2. The number of aliphatic hydroxyl groups is 2. The van der Waals surface area contributed by atoms with E-state index >= 15 is 0 Å². The van der Waals surface area contributed by atoms with Crippen LogP contribution in [-0.4, -0.2) is 71.2 Å². The maximum Gasteiger partial charge on any atom is 0.338 e. The number of hydrogen-bond acceptors (Lipinski definition) is 8. The van der Waals surface area contributed by atoms with Gasteiger partial charge >= 0.3 is 11.9 Å². The highest BCUT2D eigenvalue weighted by Crippen LogP contribution is 2.31. The summed E-state index contributed by atoms with van der Waals surface area (Å²) in [6, 6.07) is 7.15. The fourth-order valence-corrected chi connectivity index (χ4v) is 5.30. The maximum atomic E-state index is 11.8. The Bertz CT molecular complexity index is 1060. The maximum absolute atomic E-state index is 11.8. The van der Waals surface area contributed by atoms with Gasteiger partial charge in [-0.1, -0.05) is 12.1 Å². The zero-order chi connectivity index (χ0) is 24.0. The molecule has 3 heterocycles. The Morgan fingerprint density at radius 3 is 1.44 bits per heavy atom. The van der Waals surface area contributed by atoms with Crippen molar-refractivity contribution < 1.29 is 29.3 Å². The Hall–Kier alpha value is -2.20. The highest BCUT2D eigenvalue weighted by Gasteiger charge is 2.29. The molecule has 0 unspecified atom stereocenters. The molecule has 0 amide bonds. The summed E-state index contributed by atoms with van der Waals surface area (Å²) in [7, 11) is 0. The third-order valence-electron chi connectivity index (χ3n) is 7.46. The van der Waals surface area contributed by atoms with Crippen molar-refractivity contribution in [2.75, 3.05) is 39.3 Å². The van der Waals surface area contributed by atoms with Gasteiger partial charge in [-0.25, -0.2) is 9.59 Å². The van der Waals surface area contributed by atoms with E-state index in [9.17, 15) is 19.8 Å². The summed E-state index contributed by atoms with van der Waals surface area (Å²) in [5.74, 6) is -0.594. The SMILES string of the molecule is Cc1c([C@@H](O)CN2CCN(C[C@H](O)c3ccc4c(c3C)COC4=O)CC2)ccc2c1COC2=O.Cl.Cl. The molecule has 0 saturated carbocycles. The van der Waals surface area contributed by atoms with Gasteiger partial charge in [0.15, 0.2) is 0 Å². The third kappa shape index (κ3) is 5.25. The van der Waals surface area contributed by atoms with Gasteiger partial charge in [-0.15, -0.1) is 24.8 Å². The molecule has 0 bridgehead atoms. The van der Waals surface area contributed by atoms with E-state index < -0.39 is 12.2 Å². The number of ether oxygens (including phenoxy) is 2. The van der Waals surface area contributed by atoms with Crippen LogP contribution < -0.4 is 0 Å². The number of β-amino-alcohol motifs (C(OH)–C–C–N with tert-alkyl or cyclic N) is 2. The Labute approximate surface area is 223 Å². The third-order valence-corrected chi connectivity index (χ3v) is 7.46. The van der Waals surface area contributed by atoms with Gasteiger partial charge in [0.25, 0.3) is 0 Å². The highest BCUT2D eigenvalue weighted by molar-refractivity contribution is 5.94. The van der Waals surface area contributed by atoms with E-state index in [0.717, 1.165) is 59.6 Å². The van der Waals surface area contributed by atoms with Crippen molar-refractivity contribution in [1.29, 1.82) is 0 Å². The number of carbonyl (C=O) groups is 2. The van der Waals surface area contributed by atoms with Crippen LogP contribution in [-0.2, 0) is 22.7 Å². The minimum absolute atomic E-state index is 0. The largest absolute Gasteiger partial charge is 0.457 e. The quantitative estimate of drug-likeness (QED) is 0.541. The van der Waals surface area contributed by atoms with Crippen LogP contribution >= 0.6 is 24.8 Å². The molecule has 0 radical (unpaired) electrons. The molecule has 1 fully saturated rings. The van der Waals surface area contributed by atoms with E-state index in [1.807, 2.05) is 26.0 Å². The van der Waals surface area contributed by atoms with Crippen molar-refractivity contribution in [2.24, 2.45) is 0 Å². The molecule has 0 aromatic heterocycles. The molecule has 2 atom stereocenters. The number of esters is 2. The number of fused-ring (bicyclic) bond motifs is 2. The molecule has 10 heteroatoms. The average molecular weight is 539 g/mol. The Balaban J connectivity index is 0.00000180. The standard InChI is InChI=1S/C26H30N2O6.2ClH/c1-15-17(3-5-19-21(15)13-33-25(19)31)23(29)11-27-7-9-28(10-8-27)12-24(30)18-4-6-20-22(16(18)2)14-34-26(20)32;;/h3-6,23-24,29-30H,7-14H2,1-2H3;2*1H/t23-,24-;;/m0../s1. The van der Waals surface area contributed by atoms with Gasteiger partial charge in [0.1, 0.15) is 13.2 Å². The predicted octanol–water partition coefficient (Wildman–Crippen LogP) is 2.87. The van der Waals surface area contributed by atoms with Crippen LogP contribution in [0.1, 0.15) is 66.3 Å². The lowest BCUT2D eigenvalue weighted by Crippen LogP contribution is -2.48. The summed E-state index contributed by atoms with van der Waals surface area (Å²) >= 11 is 0. The number of rotatable bonds is 6. The zero-order valence-corrected chi connectivity index (χ0v) is 22.0. The lowest BCUT2D eigenvalue weighted by Gasteiger charge is -2.36. The Kier molecular flexibility index (Phi) is 9.03. The molecule has 2 aromatic carbocycles. The summed E-state index contributed by atoms with van der Waals surface area (Å²) < 4.78 is 10.2. The number of cyclic esters (lactones) is 2.